The van der Waals surface area contributed by atoms with Crippen molar-refractivity contribution in [3.63, 3.8) is 0 Å². The molecule has 0 amide bonds. The van der Waals surface area contributed by atoms with Gasteiger partial charge in [0.2, 0.25) is 0 Å². The van der Waals surface area contributed by atoms with Gasteiger partial charge in [0, 0.05) is 16.3 Å². The van der Waals surface area contributed by atoms with Gasteiger partial charge in [0.1, 0.15) is 0 Å². The number of nitrogens with two attached hydrogens (primary N) is 1. The van der Waals surface area contributed by atoms with Gasteiger partial charge in [-0.05, 0) is 36.2 Å². The van der Waals surface area contributed by atoms with Crippen molar-refractivity contribution in [1.29, 1.82) is 0 Å². The molecule has 1 atom stereocenters. The number of rotatable bonds is 4. The van der Waals surface area contributed by atoms with Gasteiger partial charge < -0.3 is 5.73 Å². The van der Waals surface area contributed by atoms with Crippen molar-refractivity contribution in [3.8, 4) is 0 Å². The molecule has 0 aliphatic rings. The quantitative estimate of drug-likeness (QED) is 0.876. The Morgan fingerprint density at radius 2 is 1.76 bits per heavy atom. The lowest BCUT2D eigenvalue weighted by atomic mass is 10.1. The first-order valence-corrected chi connectivity index (χ1v) is 7.59. The Hall–Kier alpha value is -1.82. The van der Waals surface area contributed by atoms with Crippen LogP contribution in [-0.2, 0) is 23.4 Å². The number of hydrogen-bond donors (Lipinski definition) is 1. The van der Waals surface area contributed by atoms with Gasteiger partial charge in [-0.2, -0.15) is 13.2 Å². The van der Waals surface area contributed by atoms with Crippen LogP contribution >= 0.6 is 0 Å². The number of alkyl halides is 3. The fourth-order valence-electron chi connectivity index (χ4n) is 1.90. The standard InChI is InChI=1S/C15H14F3NOS/c16-15(17,18)12-5-3-6-13(10-12)21(20)9-8-11-4-1-2-7-14(11)19/h1-7,10H,8-9,19H2. The molecule has 21 heavy (non-hydrogen) atoms. The molecular formula is C15H14F3NOS. The summed E-state index contributed by atoms with van der Waals surface area (Å²) < 4.78 is 50.0. The Labute approximate surface area is 123 Å². The van der Waals surface area contributed by atoms with E-state index in [1.54, 1.807) is 12.1 Å². The lowest BCUT2D eigenvalue weighted by Gasteiger charge is -2.09. The Morgan fingerprint density at radius 1 is 1.05 bits per heavy atom. The van der Waals surface area contributed by atoms with E-state index in [-0.39, 0.29) is 10.6 Å². The minimum absolute atomic E-state index is 0.180. The molecule has 2 aromatic carbocycles. The molecule has 0 aromatic heterocycles. The summed E-state index contributed by atoms with van der Waals surface area (Å²) in [6.07, 6.45) is -3.97. The summed E-state index contributed by atoms with van der Waals surface area (Å²) in [5.41, 5.74) is 6.44. The highest BCUT2D eigenvalue weighted by Gasteiger charge is 2.30. The third kappa shape index (κ3) is 4.07. The number of hydrogen-bond acceptors (Lipinski definition) is 2. The highest BCUT2D eigenvalue weighted by Crippen LogP contribution is 2.30. The molecule has 0 fully saturated rings. The van der Waals surface area contributed by atoms with Crippen LogP contribution in [0.1, 0.15) is 11.1 Å². The van der Waals surface area contributed by atoms with Crippen LogP contribution in [0.5, 0.6) is 0 Å². The van der Waals surface area contributed by atoms with E-state index in [1.165, 1.54) is 12.1 Å². The third-order valence-electron chi connectivity index (χ3n) is 3.04. The van der Waals surface area contributed by atoms with E-state index in [4.69, 9.17) is 5.73 Å². The molecule has 2 N–H and O–H groups in total. The molecule has 0 spiro atoms. The van der Waals surface area contributed by atoms with E-state index in [1.807, 2.05) is 12.1 Å². The molecule has 0 aliphatic heterocycles. The SMILES string of the molecule is Nc1ccccc1CCS(=O)c1cccc(C(F)(F)F)c1. The lowest BCUT2D eigenvalue weighted by molar-refractivity contribution is -0.137. The van der Waals surface area contributed by atoms with Crippen LogP contribution in [0.4, 0.5) is 18.9 Å². The fourth-order valence-corrected chi connectivity index (χ4v) is 3.03. The van der Waals surface area contributed by atoms with Crippen molar-refractivity contribution in [1.82, 2.24) is 0 Å². The molecule has 2 rings (SSSR count). The second-order valence-corrected chi connectivity index (χ2v) is 6.09. The molecule has 0 saturated carbocycles. The minimum atomic E-state index is -4.43. The van der Waals surface area contributed by atoms with Gasteiger partial charge >= 0.3 is 6.18 Å². The van der Waals surface area contributed by atoms with Gasteiger partial charge in [0.25, 0.3) is 0 Å². The van der Waals surface area contributed by atoms with E-state index in [0.717, 1.165) is 17.7 Å². The number of para-hydroxylation sites is 1. The number of halogens is 3. The molecule has 1 unspecified atom stereocenters. The van der Waals surface area contributed by atoms with Crippen LogP contribution in [-0.4, -0.2) is 9.96 Å². The van der Waals surface area contributed by atoms with E-state index in [9.17, 15) is 17.4 Å². The number of benzene rings is 2. The highest BCUT2D eigenvalue weighted by molar-refractivity contribution is 7.85. The van der Waals surface area contributed by atoms with Crippen LogP contribution in [0.3, 0.4) is 0 Å². The molecule has 0 bridgehead atoms. The summed E-state index contributed by atoms with van der Waals surface area (Å²) in [6, 6.07) is 11.8. The number of aryl methyl sites for hydroxylation is 1. The minimum Gasteiger partial charge on any atom is -0.399 e. The summed E-state index contributed by atoms with van der Waals surface area (Å²) in [5.74, 6) is 0.232. The van der Waals surface area contributed by atoms with E-state index >= 15 is 0 Å². The maximum atomic E-state index is 12.6. The number of anilines is 1. The van der Waals surface area contributed by atoms with Crippen LogP contribution in [0, 0.1) is 0 Å². The second-order valence-electron chi connectivity index (χ2n) is 4.52. The highest BCUT2D eigenvalue weighted by atomic mass is 32.2. The Balaban J connectivity index is 2.09. The maximum Gasteiger partial charge on any atom is 0.416 e. The Morgan fingerprint density at radius 3 is 2.43 bits per heavy atom. The van der Waals surface area contributed by atoms with Gasteiger partial charge in [0.15, 0.2) is 0 Å². The maximum absolute atomic E-state index is 12.6. The fraction of sp³-hybridized carbons (Fsp3) is 0.200. The zero-order valence-corrected chi connectivity index (χ0v) is 11.9. The van der Waals surface area contributed by atoms with Crippen LogP contribution in [0.25, 0.3) is 0 Å². The lowest BCUT2D eigenvalue weighted by Crippen LogP contribution is -2.08. The monoisotopic (exact) mass is 313 g/mol. The predicted molar refractivity (Wildman–Crippen MR) is 77.3 cm³/mol. The van der Waals surface area contributed by atoms with Crippen LogP contribution in [0.2, 0.25) is 0 Å². The average Bonchev–Trinajstić information content (AvgIpc) is 2.45. The zero-order valence-electron chi connectivity index (χ0n) is 11.1. The molecular weight excluding hydrogens is 299 g/mol. The molecule has 2 nitrogen and oxygen atoms in total. The molecule has 0 saturated heterocycles. The molecule has 6 heteroatoms. The van der Waals surface area contributed by atoms with E-state index in [2.05, 4.69) is 0 Å². The first-order chi connectivity index (χ1) is 9.88. The average molecular weight is 313 g/mol. The van der Waals surface area contributed by atoms with Gasteiger partial charge in [-0.3, -0.25) is 4.21 Å². The first-order valence-electron chi connectivity index (χ1n) is 6.27. The van der Waals surface area contributed by atoms with Gasteiger partial charge in [-0.1, -0.05) is 24.3 Å². The second kappa shape index (κ2) is 6.30. The topological polar surface area (TPSA) is 43.1 Å². The predicted octanol–water partition coefficient (Wildman–Crippen LogP) is 3.64. The summed E-state index contributed by atoms with van der Waals surface area (Å²) in [4.78, 5) is 0.180. The molecule has 0 heterocycles. The third-order valence-corrected chi connectivity index (χ3v) is 4.39. The zero-order chi connectivity index (χ0) is 15.5. The normalized spacial score (nSPS) is 13.1. The molecule has 112 valence electrons. The largest absolute Gasteiger partial charge is 0.416 e. The summed E-state index contributed by atoms with van der Waals surface area (Å²) in [5, 5.41) is 0. The number of nitrogen functional groups attached to an aromatic ring is 1. The summed E-state index contributed by atoms with van der Waals surface area (Å²) >= 11 is 0. The van der Waals surface area contributed by atoms with E-state index < -0.39 is 22.5 Å². The van der Waals surface area contributed by atoms with Crippen LogP contribution in [0.15, 0.2) is 53.4 Å². The first kappa shape index (κ1) is 15.6. The summed E-state index contributed by atoms with van der Waals surface area (Å²) in [6.45, 7) is 0. The Bertz CT molecular complexity index is 655. The van der Waals surface area contributed by atoms with Gasteiger partial charge in [-0.25, -0.2) is 0 Å². The van der Waals surface area contributed by atoms with Crippen molar-refractivity contribution in [2.75, 3.05) is 11.5 Å². The van der Waals surface area contributed by atoms with Crippen molar-refractivity contribution in [3.05, 3.63) is 59.7 Å². The Kier molecular flexibility index (Phi) is 4.67. The van der Waals surface area contributed by atoms with Crippen molar-refractivity contribution in [2.45, 2.75) is 17.5 Å². The molecule has 2 aromatic rings. The summed E-state index contributed by atoms with van der Waals surface area (Å²) in [7, 11) is -1.49. The van der Waals surface area contributed by atoms with Crippen molar-refractivity contribution < 1.29 is 17.4 Å². The van der Waals surface area contributed by atoms with Crippen molar-refractivity contribution >= 4 is 16.5 Å². The van der Waals surface area contributed by atoms with Gasteiger partial charge in [0.05, 0.1) is 16.4 Å². The smallest absolute Gasteiger partial charge is 0.399 e. The van der Waals surface area contributed by atoms with E-state index in [0.29, 0.717) is 12.1 Å². The molecule has 0 radical (unpaired) electrons. The van der Waals surface area contributed by atoms with Gasteiger partial charge in [-0.15, -0.1) is 0 Å². The van der Waals surface area contributed by atoms with Crippen molar-refractivity contribution in [2.24, 2.45) is 0 Å². The molecule has 0 aliphatic carbocycles. The van der Waals surface area contributed by atoms with Crippen LogP contribution < -0.4 is 5.73 Å².